The fourth-order valence-electron chi connectivity index (χ4n) is 2.54. The Morgan fingerprint density at radius 3 is 2.48 bits per heavy atom. The fraction of sp³-hybridized carbons (Fsp3) is 0.562. The lowest BCUT2D eigenvalue weighted by Crippen LogP contribution is -2.37. The molecule has 1 N–H and O–H groups in total. The highest BCUT2D eigenvalue weighted by atomic mass is 32.2. The number of carbonyl (C=O) groups is 2. The molecule has 2 aliphatic rings. The van der Waals surface area contributed by atoms with Crippen LogP contribution in [0.3, 0.4) is 0 Å². The molecule has 1 amide bonds. The van der Waals surface area contributed by atoms with Crippen LogP contribution in [0.4, 0.5) is 4.79 Å². The van der Waals surface area contributed by atoms with E-state index in [0.29, 0.717) is 6.42 Å². The molecule has 2 atom stereocenters. The van der Waals surface area contributed by atoms with Gasteiger partial charge in [0.25, 0.3) is 0 Å². The van der Waals surface area contributed by atoms with Gasteiger partial charge in [-0.2, -0.15) is 4.99 Å². The van der Waals surface area contributed by atoms with Gasteiger partial charge in [-0.05, 0) is 27.7 Å². The number of carbonyl (C=O) groups excluding carboxylic acids is 2. The van der Waals surface area contributed by atoms with Gasteiger partial charge < -0.3 is 14.6 Å². The van der Waals surface area contributed by atoms with Crippen molar-refractivity contribution in [3.05, 3.63) is 22.5 Å². The molecule has 7 nitrogen and oxygen atoms in total. The van der Waals surface area contributed by atoms with E-state index in [1.54, 1.807) is 13.8 Å². The van der Waals surface area contributed by atoms with E-state index in [1.165, 1.54) is 0 Å². The third-order valence-corrected chi connectivity index (χ3v) is 7.69. The summed E-state index contributed by atoms with van der Waals surface area (Å²) in [5.74, 6) is -0.858. The predicted molar refractivity (Wildman–Crippen MR) is 97.1 cm³/mol. The van der Waals surface area contributed by atoms with Crippen molar-refractivity contribution in [2.75, 3.05) is 19.0 Å². The van der Waals surface area contributed by atoms with Gasteiger partial charge in [-0.1, -0.05) is 22.9 Å². The van der Waals surface area contributed by atoms with E-state index in [-0.39, 0.29) is 35.3 Å². The Balaban J connectivity index is 2.54. The minimum Gasteiger partial charge on any atom is -0.509 e. The molecule has 0 bridgehead atoms. The molecule has 1 spiro atoms. The van der Waals surface area contributed by atoms with Gasteiger partial charge in [-0.15, -0.1) is 0 Å². The number of aliphatic hydroxyl groups excluding tert-OH is 1. The normalized spacial score (nSPS) is 28.0. The quantitative estimate of drug-likeness (QED) is 0.587. The molecular weight excluding hydrogens is 366 g/mol. The first-order valence-electron chi connectivity index (χ1n) is 7.86. The Hall–Kier alpha value is -1.61. The second kappa shape index (κ2) is 7.74. The summed E-state index contributed by atoms with van der Waals surface area (Å²) in [6.07, 6.45) is -0.575. The lowest BCUT2D eigenvalue weighted by molar-refractivity contribution is -0.138. The maximum absolute atomic E-state index is 12.8. The Kier molecular flexibility index (Phi) is 6.10. The number of ether oxygens (including phenoxy) is 2. The first-order valence-corrected chi connectivity index (χ1v) is 9.99. The van der Waals surface area contributed by atoms with Gasteiger partial charge in [0.05, 0.1) is 24.0 Å². The van der Waals surface area contributed by atoms with E-state index in [1.807, 2.05) is 13.8 Å². The van der Waals surface area contributed by atoms with Crippen LogP contribution in [0.1, 0.15) is 34.1 Å². The lowest BCUT2D eigenvalue weighted by atomic mass is 10.0. The molecule has 0 aromatic heterocycles. The van der Waals surface area contributed by atoms with Crippen LogP contribution in [0.2, 0.25) is 0 Å². The van der Waals surface area contributed by atoms with E-state index >= 15 is 0 Å². The van der Waals surface area contributed by atoms with Crippen molar-refractivity contribution in [2.24, 2.45) is 4.99 Å². The maximum Gasteiger partial charge on any atom is 0.434 e. The summed E-state index contributed by atoms with van der Waals surface area (Å²) in [7, 11) is -1.48. The molecule has 0 radical (unpaired) electrons. The third kappa shape index (κ3) is 3.67. The van der Waals surface area contributed by atoms with E-state index < -0.39 is 26.9 Å². The van der Waals surface area contributed by atoms with E-state index in [4.69, 9.17) is 9.47 Å². The third-order valence-electron chi connectivity index (χ3n) is 3.96. The highest BCUT2D eigenvalue weighted by Crippen LogP contribution is 2.52. The van der Waals surface area contributed by atoms with Crippen LogP contribution >= 0.6 is 11.8 Å². The molecule has 25 heavy (non-hydrogen) atoms. The number of rotatable bonds is 3. The monoisotopic (exact) mass is 387 g/mol. The molecule has 0 saturated heterocycles. The van der Waals surface area contributed by atoms with Gasteiger partial charge in [-0.25, -0.2) is 9.59 Å². The number of nitrogens with zero attached hydrogens (tertiary/aromatic N) is 1. The average molecular weight is 387 g/mol. The van der Waals surface area contributed by atoms with E-state index in [9.17, 15) is 18.9 Å². The Morgan fingerprint density at radius 2 is 1.88 bits per heavy atom. The van der Waals surface area contributed by atoms with Crippen LogP contribution in [-0.2, 0) is 25.1 Å². The van der Waals surface area contributed by atoms with Gasteiger partial charge in [0.2, 0.25) is 0 Å². The summed E-state index contributed by atoms with van der Waals surface area (Å²) in [5, 5.41) is 10.7. The highest BCUT2D eigenvalue weighted by Gasteiger charge is 2.54. The molecule has 2 heterocycles. The lowest BCUT2D eigenvalue weighted by Gasteiger charge is -2.32. The van der Waals surface area contributed by atoms with E-state index in [0.717, 1.165) is 22.9 Å². The van der Waals surface area contributed by atoms with Crippen LogP contribution in [0.5, 0.6) is 0 Å². The fourth-order valence-corrected chi connectivity index (χ4v) is 6.10. The summed E-state index contributed by atoms with van der Waals surface area (Å²) in [5.41, 5.74) is 1.77. The Labute approximate surface area is 153 Å². The zero-order valence-corrected chi connectivity index (χ0v) is 16.2. The Morgan fingerprint density at radius 1 is 1.24 bits per heavy atom. The van der Waals surface area contributed by atoms with Crippen LogP contribution in [0.15, 0.2) is 27.5 Å². The predicted octanol–water partition coefficient (Wildman–Crippen LogP) is 2.85. The molecule has 0 saturated carbocycles. The van der Waals surface area contributed by atoms with Gasteiger partial charge in [0.1, 0.15) is 16.4 Å². The zero-order valence-electron chi connectivity index (χ0n) is 14.6. The number of aliphatic hydroxyl groups is 1. The van der Waals surface area contributed by atoms with Crippen molar-refractivity contribution in [1.82, 2.24) is 0 Å². The first-order chi connectivity index (χ1) is 11.8. The van der Waals surface area contributed by atoms with Crippen molar-refractivity contribution >= 4 is 39.7 Å². The number of esters is 1. The van der Waals surface area contributed by atoms with Crippen LogP contribution in [-0.4, -0.2) is 49.5 Å². The maximum atomic E-state index is 12.8. The average Bonchev–Trinajstić information content (AvgIpc) is 2.79. The molecule has 2 rings (SSSR count). The minimum atomic E-state index is -1.48. The van der Waals surface area contributed by atoms with Crippen LogP contribution in [0, 0.1) is 0 Å². The van der Waals surface area contributed by atoms with Crippen LogP contribution < -0.4 is 0 Å². The van der Waals surface area contributed by atoms with Crippen LogP contribution in [0.25, 0.3) is 0 Å². The summed E-state index contributed by atoms with van der Waals surface area (Å²) in [6, 6.07) is 0. The van der Waals surface area contributed by atoms with Crippen molar-refractivity contribution in [2.45, 2.75) is 38.2 Å². The number of aliphatic imine (C=N–C) groups is 1. The topological polar surface area (TPSA) is 102 Å². The highest BCUT2D eigenvalue weighted by molar-refractivity contribution is 8.24. The number of hydrogen-bond donors (Lipinski definition) is 1. The molecule has 0 aromatic rings. The summed E-state index contributed by atoms with van der Waals surface area (Å²) in [6.45, 7) is 7.27. The van der Waals surface area contributed by atoms with Crippen molar-refractivity contribution < 1.29 is 28.4 Å². The number of amides is 1. The standard InChI is InChI=1S/C16H21NO6S2/c1-5-22-14(19)11-12(18)16(7-9(3)10(4)8-25(16)21)24-13(11)17-15(20)23-6-2/h18H,5-8H2,1-4H3. The molecule has 138 valence electrons. The minimum absolute atomic E-state index is 0.0184. The number of hydrogen-bond acceptors (Lipinski definition) is 7. The molecule has 0 aliphatic carbocycles. The molecule has 2 aliphatic heterocycles. The Bertz CT molecular complexity index is 724. The van der Waals surface area contributed by atoms with Gasteiger partial charge >= 0.3 is 12.1 Å². The van der Waals surface area contributed by atoms with Gasteiger partial charge in [0, 0.05) is 12.2 Å². The van der Waals surface area contributed by atoms with Crippen molar-refractivity contribution in [3.63, 3.8) is 0 Å². The largest absolute Gasteiger partial charge is 0.509 e. The molecular formula is C16H21NO6S2. The molecule has 2 unspecified atom stereocenters. The zero-order chi connectivity index (χ0) is 18.8. The molecule has 9 heteroatoms. The summed E-state index contributed by atoms with van der Waals surface area (Å²) < 4.78 is 21.3. The summed E-state index contributed by atoms with van der Waals surface area (Å²) >= 11 is 0.962. The molecule has 0 aromatic carbocycles. The van der Waals surface area contributed by atoms with Gasteiger partial charge in [0.15, 0.2) is 4.08 Å². The number of allylic oxidation sites excluding steroid dienone is 1. The first kappa shape index (κ1) is 19.7. The van der Waals surface area contributed by atoms with E-state index in [2.05, 4.69) is 4.99 Å². The van der Waals surface area contributed by atoms with Crippen molar-refractivity contribution in [1.29, 1.82) is 0 Å². The smallest absolute Gasteiger partial charge is 0.434 e. The second-order valence-electron chi connectivity index (χ2n) is 5.64. The second-order valence-corrected chi connectivity index (χ2v) is 8.87. The van der Waals surface area contributed by atoms with Crippen molar-refractivity contribution in [3.8, 4) is 0 Å². The SMILES string of the molecule is CCOC(=O)N=C1SC2(CC(C)=C(C)CS2=O)C(O)=C1C(=O)OCC. The molecule has 0 fully saturated rings. The number of thioether (sulfide) groups is 1. The summed E-state index contributed by atoms with van der Waals surface area (Å²) in [4.78, 5) is 27.8. The van der Waals surface area contributed by atoms with Gasteiger partial charge in [-0.3, -0.25) is 4.21 Å².